The minimum Gasteiger partial charge on any atom is -0.385 e. The molecular formula is C15H18Cl2N4O. The van der Waals surface area contributed by atoms with Crippen LogP contribution in [0, 0.1) is 6.92 Å². The molecule has 0 aliphatic carbocycles. The lowest BCUT2D eigenvalue weighted by atomic mass is 10.3. The first kappa shape index (κ1) is 16.8. The molecule has 0 saturated carbocycles. The molecule has 5 nitrogen and oxygen atoms in total. The summed E-state index contributed by atoms with van der Waals surface area (Å²) >= 11 is 11.9. The summed E-state index contributed by atoms with van der Waals surface area (Å²) in [6.45, 7) is 3.35. The van der Waals surface area contributed by atoms with Gasteiger partial charge in [0.1, 0.15) is 17.5 Å². The molecule has 0 radical (unpaired) electrons. The van der Waals surface area contributed by atoms with Crippen molar-refractivity contribution in [1.82, 2.24) is 9.97 Å². The van der Waals surface area contributed by atoms with Crippen LogP contribution >= 0.6 is 23.2 Å². The van der Waals surface area contributed by atoms with E-state index in [1.54, 1.807) is 19.2 Å². The molecule has 0 unspecified atom stereocenters. The predicted molar refractivity (Wildman–Crippen MR) is 91.5 cm³/mol. The Kier molecular flexibility index (Phi) is 6.24. The highest BCUT2D eigenvalue weighted by Gasteiger charge is 2.04. The Morgan fingerprint density at radius 1 is 1.09 bits per heavy atom. The van der Waals surface area contributed by atoms with Crippen molar-refractivity contribution in [2.24, 2.45) is 0 Å². The van der Waals surface area contributed by atoms with Gasteiger partial charge in [-0.15, -0.1) is 0 Å². The van der Waals surface area contributed by atoms with Gasteiger partial charge in [-0.25, -0.2) is 9.97 Å². The minimum absolute atomic E-state index is 0.496. The maximum Gasteiger partial charge on any atom is 0.136 e. The number of rotatable bonds is 7. The Morgan fingerprint density at radius 2 is 1.86 bits per heavy atom. The number of nitrogens with one attached hydrogen (secondary N) is 2. The molecule has 2 rings (SSSR count). The minimum atomic E-state index is 0.496. The van der Waals surface area contributed by atoms with E-state index < -0.39 is 0 Å². The summed E-state index contributed by atoms with van der Waals surface area (Å²) in [5.74, 6) is 2.14. The van der Waals surface area contributed by atoms with Crippen LogP contribution in [0.4, 0.5) is 17.3 Å². The number of halogens is 2. The zero-order valence-corrected chi connectivity index (χ0v) is 14.0. The van der Waals surface area contributed by atoms with E-state index >= 15 is 0 Å². The van der Waals surface area contributed by atoms with E-state index in [0.29, 0.717) is 28.3 Å². The Labute approximate surface area is 140 Å². The average Bonchev–Trinajstić information content (AvgIpc) is 2.47. The average molecular weight is 341 g/mol. The van der Waals surface area contributed by atoms with Crippen LogP contribution < -0.4 is 10.6 Å². The second kappa shape index (κ2) is 8.17. The number of hydrogen-bond donors (Lipinski definition) is 2. The fourth-order valence-electron chi connectivity index (χ4n) is 1.88. The normalized spacial score (nSPS) is 10.5. The van der Waals surface area contributed by atoms with E-state index in [4.69, 9.17) is 27.9 Å². The van der Waals surface area contributed by atoms with Gasteiger partial charge in [0, 0.05) is 32.0 Å². The van der Waals surface area contributed by atoms with E-state index in [1.165, 1.54) is 0 Å². The molecule has 1 aromatic carbocycles. The summed E-state index contributed by atoms with van der Waals surface area (Å²) in [6.07, 6.45) is 0.912. The standard InChI is InChI=1S/C15H18Cl2N4O/c1-10-19-14(18-6-3-7-22-2)9-15(20-10)21-11-4-5-12(16)13(17)8-11/h4-5,8-9H,3,6-7H2,1-2H3,(H2,18,19,20,21). The van der Waals surface area contributed by atoms with E-state index in [0.717, 1.165) is 24.5 Å². The Hall–Kier alpha value is -1.56. The Balaban J connectivity index is 2.06. The molecule has 7 heteroatoms. The van der Waals surface area contributed by atoms with Gasteiger partial charge >= 0.3 is 0 Å². The highest BCUT2D eigenvalue weighted by Crippen LogP contribution is 2.26. The molecular weight excluding hydrogens is 323 g/mol. The number of aryl methyl sites for hydroxylation is 1. The van der Waals surface area contributed by atoms with Crippen molar-refractivity contribution in [2.75, 3.05) is 30.9 Å². The lowest BCUT2D eigenvalue weighted by Crippen LogP contribution is -2.08. The van der Waals surface area contributed by atoms with Gasteiger partial charge in [0.2, 0.25) is 0 Å². The van der Waals surface area contributed by atoms with Crippen molar-refractivity contribution in [1.29, 1.82) is 0 Å². The maximum absolute atomic E-state index is 6.01. The largest absolute Gasteiger partial charge is 0.385 e. The molecule has 0 fully saturated rings. The Bertz CT molecular complexity index is 637. The molecule has 0 amide bonds. The fraction of sp³-hybridized carbons (Fsp3) is 0.333. The molecule has 0 bridgehead atoms. The van der Waals surface area contributed by atoms with Crippen LogP contribution in [-0.4, -0.2) is 30.2 Å². The molecule has 0 atom stereocenters. The summed E-state index contributed by atoms with van der Waals surface area (Å²) in [5.41, 5.74) is 0.817. The van der Waals surface area contributed by atoms with E-state index in [2.05, 4.69) is 20.6 Å². The molecule has 0 saturated heterocycles. The molecule has 0 spiro atoms. The first-order valence-electron chi connectivity index (χ1n) is 6.89. The van der Waals surface area contributed by atoms with Crippen LogP contribution in [0.2, 0.25) is 10.0 Å². The molecule has 1 heterocycles. The molecule has 2 N–H and O–H groups in total. The number of methoxy groups -OCH3 is 1. The third-order valence-electron chi connectivity index (χ3n) is 2.86. The molecule has 22 heavy (non-hydrogen) atoms. The topological polar surface area (TPSA) is 59.1 Å². The zero-order chi connectivity index (χ0) is 15.9. The lowest BCUT2D eigenvalue weighted by Gasteiger charge is -2.10. The molecule has 0 aliphatic rings. The highest BCUT2D eigenvalue weighted by molar-refractivity contribution is 6.42. The first-order chi connectivity index (χ1) is 10.6. The smallest absolute Gasteiger partial charge is 0.136 e. The van der Waals surface area contributed by atoms with E-state index in [-0.39, 0.29) is 0 Å². The number of nitrogens with zero attached hydrogens (tertiary/aromatic N) is 2. The maximum atomic E-state index is 6.01. The second-order valence-electron chi connectivity index (χ2n) is 4.71. The van der Waals surface area contributed by atoms with Crippen LogP contribution in [0.15, 0.2) is 24.3 Å². The van der Waals surface area contributed by atoms with Crippen molar-refractivity contribution in [3.8, 4) is 0 Å². The van der Waals surface area contributed by atoms with Gasteiger partial charge in [-0.1, -0.05) is 23.2 Å². The highest BCUT2D eigenvalue weighted by atomic mass is 35.5. The van der Waals surface area contributed by atoms with E-state index in [9.17, 15) is 0 Å². The van der Waals surface area contributed by atoms with Crippen molar-refractivity contribution >= 4 is 40.5 Å². The third kappa shape index (κ3) is 5.02. The lowest BCUT2D eigenvalue weighted by molar-refractivity contribution is 0.198. The van der Waals surface area contributed by atoms with Crippen molar-refractivity contribution in [2.45, 2.75) is 13.3 Å². The van der Waals surface area contributed by atoms with Crippen molar-refractivity contribution in [3.63, 3.8) is 0 Å². The summed E-state index contributed by atoms with van der Waals surface area (Å²) in [4.78, 5) is 8.72. The number of benzene rings is 1. The summed E-state index contributed by atoms with van der Waals surface area (Å²) in [7, 11) is 1.69. The van der Waals surface area contributed by atoms with Crippen molar-refractivity contribution < 1.29 is 4.74 Å². The fourth-order valence-corrected chi connectivity index (χ4v) is 2.18. The third-order valence-corrected chi connectivity index (χ3v) is 3.60. The molecule has 118 valence electrons. The van der Waals surface area contributed by atoms with Gasteiger partial charge in [-0.3, -0.25) is 0 Å². The quantitative estimate of drug-likeness (QED) is 0.736. The van der Waals surface area contributed by atoms with Gasteiger partial charge in [-0.05, 0) is 31.5 Å². The predicted octanol–water partition coefficient (Wildman–Crippen LogP) is 4.28. The summed E-state index contributed by atoms with van der Waals surface area (Å²) < 4.78 is 5.02. The SMILES string of the molecule is COCCCNc1cc(Nc2ccc(Cl)c(Cl)c2)nc(C)n1. The summed E-state index contributed by atoms with van der Waals surface area (Å²) in [6, 6.07) is 7.19. The van der Waals surface area contributed by atoms with Gasteiger partial charge in [0.15, 0.2) is 0 Å². The Morgan fingerprint density at radius 3 is 2.59 bits per heavy atom. The van der Waals surface area contributed by atoms with Gasteiger partial charge in [0.25, 0.3) is 0 Å². The second-order valence-corrected chi connectivity index (χ2v) is 5.53. The number of anilines is 3. The molecule has 2 aromatic rings. The van der Waals surface area contributed by atoms with Crippen LogP contribution in [0.5, 0.6) is 0 Å². The first-order valence-corrected chi connectivity index (χ1v) is 7.64. The number of aromatic nitrogens is 2. The van der Waals surface area contributed by atoms with Crippen LogP contribution in [0.3, 0.4) is 0 Å². The molecule has 1 aromatic heterocycles. The van der Waals surface area contributed by atoms with Gasteiger partial charge < -0.3 is 15.4 Å². The monoisotopic (exact) mass is 340 g/mol. The summed E-state index contributed by atoms with van der Waals surface area (Å²) in [5, 5.41) is 7.46. The van der Waals surface area contributed by atoms with Crippen molar-refractivity contribution in [3.05, 3.63) is 40.1 Å². The zero-order valence-electron chi connectivity index (χ0n) is 12.5. The number of ether oxygens (including phenoxy) is 1. The molecule has 0 aliphatic heterocycles. The van der Waals surface area contributed by atoms with E-state index in [1.807, 2.05) is 19.1 Å². The van der Waals surface area contributed by atoms with Crippen LogP contribution in [0.25, 0.3) is 0 Å². The van der Waals surface area contributed by atoms with Gasteiger partial charge in [0.05, 0.1) is 10.0 Å². The van der Waals surface area contributed by atoms with Crippen LogP contribution in [0.1, 0.15) is 12.2 Å². The van der Waals surface area contributed by atoms with Crippen LogP contribution in [-0.2, 0) is 4.74 Å². The number of hydrogen-bond acceptors (Lipinski definition) is 5. The van der Waals surface area contributed by atoms with Gasteiger partial charge in [-0.2, -0.15) is 0 Å².